The van der Waals surface area contributed by atoms with Gasteiger partial charge in [0, 0.05) is 6.92 Å². The molecule has 0 saturated carbocycles. The van der Waals surface area contributed by atoms with Gasteiger partial charge in [-0.15, -0.1) is 5.10 Å². The summed E-state index contributed by atoms with van der Waals surface area (Å²) < 4.78 is 0. The van der Waals surface area contributed by atoms with Crippen molar-refractivity contribution in [2.45, 2.75) is 13.0 Å². The minimum Gasteiger partial charge on any atom is -0.311 e. The summed E-state index contributed by atoms with van der Waals surface area (Å²) in [4.78, 5) is 24.1. The van der Waals surface area contributed by atoms with Gasteiger partial charge in [0.25, 0.3) is 5.91 Å². The smallest absolute Gasteiger partial charge is 0.282 e. The van der Waals surface area contributed by atoms with Gasteiger partial charge < -0.3 is 5.32 Å². The Bertz CT molecular complexity index is 866. The van der Waals surface area contributed by atoms with Crippen LogP contribution in [0, 0.1) is 0 Å². The number of hydrogen-bond acceptors (Lipinski definition) is 5. The lowest BCUT2D eigenvalue weighted by atomic mass is 10.2. The average Bonchev–Trinajstić information content (AvgIpc) is 2.90. The number of benzene rings is 2. The molecule has 2 aromatic rings. The Labute approximate surface area is 149 Å². The molecule has 0 spiro atoms. The average molecular weight is 356 g/mol. The molecule has 1 aliphatic rings. The van der Waals surface area contributed by atoms with Crippen molar-refractivity contribution in [2.75, 3.05) is 5.01 Å². The van der Waals surface area contributed by atoms with Crippen LogP contribution in [0.15, 0.2) is 69.9 Å². The molecule has 0 bridgehead atoms. The van der Waals surface area contributed by atoms with Crippen molar-refractivity contribution < 1.29 is 9.59 Å². The molecular weight excluding hydrogens is 342 g/mol. The van der Waals surface area contributed by atoms with Gasteiger partial charge in [-0.3, -0.25) is 9.59 Å². The van der Waals surface area contributed by atoms with Crippen LogP contribution in [0.25, 0.3) is 0 Å². The van der Waals surface area contributed by atoms with Crippen LogP contribution in [0.3, 0.4) is 0 Å². The third kappa shape index (κ3) is 3.72. The number of halogens is 1. The molecule has 0 radical (unpaired) electrons. The Morgan fingerprint density at radius 2 is 1.84 bits per heavy atom. The number of azo groups is 1. The van der Waals surface area contributed by atoms with E-state index in [4.69, 9.17) is 11.6 Å². The van der Waals surface area contributed by atoms with E-state index in [1.807, 2.05) is 6.07 Å². The van der Waals surface area contributed by atoms with E-state index < -0.39 is 11.9 Å². The second-order valence-corrected chi connectivity index (χ2v) is 5.63. The van der Waals surface area contributed by atoms with E-state index in [2.05, 4.69) is 20.6 Å². The Morgan fingerprint density at radius 3 is 2.52 bits per heavy atom. The number of anilines is 1. The molecule has 0 saturated heterocycles. The van der Waals surface area contributed by atoms with Gasteiger partial charge in [-0.1, -0.05) is 41.9 Å². The number of amides is 2. The zero-order valence-corrected chi connectivity index (χ0v) is 14.0. The zero-order chi connectivity index (χ0) is 17.8. The van der Waals surface area contributed by atoms with Crippen molar-refractivity contribution in [3.05, 3.63) is 59.6 Å². The van der Waals surface area contributed by atoms with Crippen molar-refractivity contribution in [1.82, 2.24) is 5.32 Å². The Morgan fingerprint density at radius 1 is 1.16 bits per heavy atom. The molecule has 8 heteroatoms. The highest BCUT2D eigenvalue weighted by atomic mass is 35.5. The monoisotopic (exact) mass is 355 g/mol. The molecule has 2 amide bonds. The van der Waals surface area contributed by atoms with E-state index in [-0.39, 0.29) is 11.7 Å². The van der Waals surface area contributed by atoms with Crippen LogP contribution in [-0.2, 0) is 9.59 Å². The highest BCUT2D eigenvalue weighted by Gasteiger charge is 2.37. The van der Waals surface area contributed by atoms with Crippen LogP contribution in [0.1, 0.15) is 6.92 Å². The molecule has 126 valence electrons. The number of nitrogens with zero attached hydrogens (tertiary/aromatic N) is 4. The largest absolute Gasteiger partial charge is 0.311 e. The Hall–Kier alpha value is -3.06. The molecule has 1 N–H and O–H groups in total. The first-order valence-electron chi connectivity index (χ1n) is 7.47. The maximum Gasteiger partial charge on any atom is 0.282 e. The Balaban J connectivity index is 1.91. The fourth-order valence-electron chi connectivity index (χ4n) is 2.23. The summed E-state index contributed by atoms with van der Waals surface area (Å²) in [5.74, 6) is -0.637. The van der Waals surface area contributed by atoms with Crippen molar-refractivity contribution in [3.8, 4) is 0 Å². The Kier molecular flexibility index (Phi) is 4.85. The minimum absolute atomic E-state index is 0.122. The normalized spacial score (nSPS) is 17.0. The van der Waals surface area contributed by atoms with Gasteiger partial charge >= 0.3 is 0 Å². The second-order valence-electron chi connectivity index (χ2n) is 5.22. The van der Waals surface area contributed by atoms with Gasteiger partial charge in [-0.2, -0.15) is 15.2 Å². The maximum absolute atomic E-state index is 12.7. The third-order valence-electron chi connectivity index (χ3n) is 3.35. The van der Waals surface area contributed by atoms with Crippen LogP contribution in [0.4, 0.5) is 11.4 Å². The molecular formula is C17H14ClN5O2. The van der Waals surface area contributed by atoms with Gasteiger partial charge in [-0.25, -0.2) is 0 Å². The summed E-state index contributed by atoms with van der Waals surface area (Å²) in [5, 5.41) is 16.4. The lowest BCUT2D eigenvalue weighted by molar-refractivity contribution is -0.117. The van der Waals surface area contributed by atoms with E-state index in [0.29, 0.717) is 16.4 Å². The van der Waals surface area contributed by atoms with Crippen molar-refractivity contribution >= 4 is 40.6 Å². The third-order valence-corrected chi connectivity index (χ3v) is 3.67. The topological polar surface area (TPSA) is 86.5 Å². The molecule has 0 fully saturated rings. The predicted octanol–water partition coefficient (Wildman–Crippen LogP) is 3.29. The van der Waals surface area contributed by atoms with Crippen molar-refractivity contribution in [3.63, 3.8) is 0 Å². The maximum atomic E-state index is 12.7. The summed E-state index contributed by atoms with van der Waals surface area (Å²) in [5.41, 5.74) is 1.00. The molecule has 25 heavy (non-hydrogen) atoms. The van der Waals surface area contributed by atoms with Gasteiger partial charge in [0.05, 0.1) is 10.7 Å². The van der Waals surface area contributed by atoms with Gasteiger partial charge in [-0.05, 0) is 24.3 Å². The van der Waals surface area contributed by atoms with Crippen molar-refractivity contribution in [1.29, 1.82) is 0 Å². The molecule has 0 aromatic heterocycles. The number of carbonyl (C=O) groups excluding carboxylic acids is 2. The molecule has 1 heterocycles. The highest BCUT2D eigenvalue weighted by Crippen LogP contribution is 2.26. The number of carbonyl (C=O) groups is 2. The first kappa shape index (κ1) is 16.8. The van der Waals surface area contributed by atoms with E-state index >= 15 is 0 Å². The number of para-hydroxylation sites is 1. The van der Waals surface area contributed by atoms with Gasteiger partial charge in [0.2, 0.25) is 11.9 Å². The lowest BCUT2D eigenvalue weighted by Crippen LogP contribution is -2.38. The van der Waals surface area contributed by atoms with E-state index in [1.165, 1.54) is 11.9 Å². The quantitative estimate of drug-likeness (QED) is 0.856. The molecule has 0 aliphatic carbocycles. The SMILES string of the molecule is CC(=O)NC1=NN(c2ccccc2)C(=O)[C@@H]1N=Nc1ccccc1Cl. The molecule has 0 unspecified atom stereocenters. The summed E-state index contributed by atoms with van der Waals surface area (Å²) in [6, 6.07) is 14.7. The number of rotatable bonds is 3. The van der Waals surface area contributed by atoms with Crippen LogP contribution < -0.4 is 10.3 Å². The number of amidine groups is 1. The van der Waals surface area contributed by atoms with Gasteiger partial charge in [0.1, 0.15) is 5.69 Å². The van der Waals surface area contributed by atoms with Crippen LogP contribution in [-0.4, -0.2) is 23.7 Å². The number of hydrogen-bond donors (Lipinski definition) is 1. The predicted molar refractivity (Wildman–Crippen MR) is 94.9 cm³/mol. The summed E-state index contributed by atoms with van der Waals surface area (Å²) >= 11 is 6.04. The zero-order valence-electron chi connectivity index (χ0n) is 13.3. The molecule has 1 aliphatic heterocycles. The number of nitrogens with one attached hydrogen (secondary N) is 1. The van der Waals surface area contributed by atoms with E-state index in [0.717, 1.165) is 0 Å². The van der Waals surface area contributed by atoms with E-state index in [9.17, 15) is 9.59 Å². The number of hydrazone groups is 1. The van der Waals surface area contributed by atoms with Crippen molar-refractivity contribution in [2.24, 2.45) is 15.3 Å². The molecule has 3 rings (SSSR count). The first-order valence-corrected chi connectivity index (χ1v) is 7.84. The fourth-order valence-corrected chi connectivity index (χ4v) is 2.40. The van der Waals surface area contributed by atoms with E-state index in [1.54, 1.807) is 48.5 Å². The fraction of sp³-hybridized carbons (Fsp3) is 0.118. The van der Waals surface area contributed by atoms with Gasteiger partial charge in [0.15, 0.2) is 5.84 Å². The second kappa shape index (κ2) is 7.23. The van der Waals surface area contributed by atoms with Crippen LogP contribution >= 0.6 is 11.6 Å². The molecule has 1 atom stereocenters. The summed E-state index contributed by atoms with van der Waals surface area (Å²) in [6.07, 6.45) is 0. The summed E-state index contributed by atoms with van der Waals surface area (Å²) in [6.45, 7) is 1.33. The summed E-state index contributed by atoms with van der Waals surface area (Å²) in [7, 11) is 0. The molecule has 7 nitrogen and oxygen atoms in total. The minimum atomic E-state index is -1.04. The van der Waals surface area contributed by atoms with Crippen LogP contribution in [0.2, 0.25) is 5.02 Å². The molecule has 2 aromatic carbocycles. The standard InChI is InChI=1S/C17H14ClN5O2/c1-11(24)19-16-15(21-20-14-10-6-5-9-13(14)18)17(25)23(22-16)12-7-3-2-4-8-12/h2-10,15H,1H3,(H,19,22,24)/t15-/m1/s1. The lowest BCUT2D eigenvalue weighted by Gasteiger charge is -2.11. The highest BCUT2D eigenvalue weighted by molar-refractivity contribution is 6.32. The first-order chi connectivity index (χ1) is 12.1. The van der Waals surface area contributed by atoms with Crippen LogP contribution in [0.5, 0.6) is 0 Å².